The van der Waals surface area contributed by atoms with Crippen molar-refractivity contribution in [1.82, 2.24) is 4.98 Å². The summed E-state index contributed by atoms with van der Waals surface area (Å²) < 4.78 is 18.2. The standard InChI is InChI=1S/C22H21FN2O3S/c1-13-9-14(2)20(15(3)10-13)25(16(4)26)22-24-19(12-29-22)11-28-21(27)17-5-7-18(23)8-6-17/h5-10,12H,11H2,1-4H3. The van der Waals surface area contributed by atoms with Crippen molar-refractivity contribution in [2.45, 2.75) is 34.3 Å². The highest BCUT2D eigenvalue weighted by Crippen LogP contribution is 2.34. The van der Waals surface area contributed by atoms with Crippen LogP contribution in [0.5, 0.6) is 0 Å². The molecule has 0 bridgehead atoms. The molecule has 1 heterocycles. The fourth-order valence-electron chi connectivity index (χ4n) is 3.19. The Bertz CT molecular complexity index is 1040. The number of hydrogen-bond acceptors (Lipinski definition) is 5. The van der Waals surface area contributed by atoms with Gasteiger partial charge in [-0.05, 0) is 56.2 Å². The number of carbonyl (C=O) groups excluding carboxylic acids is 2. The predicted octanol–water partition coefficient (Wildman–Crippen LogP) is 5.25. The van der Waals surface area contributed by atoms with Gasteiger partial charge in [-0.1, -0.05) is 17.7 Å². The lowest BCUT2D eigenvalue weighted by atomic mass is 10.0. The van der Waals surface area contributed by atoms with Crippen molar-refractivity contribution >= 4 is 34.0 Å². The summed E-state index contributed by atoms with van der Waals surface area (Å²) in [6.45, 7) is 7.39. The molecule has 150 valence electrons. The molecule has 3 rings (SSSR count). The summed E-state index contributed by atoms with van der Waals surface area (Å²) in [7, 11) is 0. The van der Waals surface area contributed by atoms with Crippen LogP contribution in [0.25, 0.3) is 0 Å². The van der Waals surface area contributed by atoms with Crippen LogP contribution in [-0.4, -0.2) is 16.9 Å². The Hall–Kier alpha value is -3.06. The molecular weight excluding hydrogens is 391 g/mol. The second-order valence-corrected chi connectivity index (χ2v) is 7.64. The number of hydrogen-bond donors (Lipinski definition) is 0. The number of anilines is 2. The van der Waals surface area contributed by atoms with E-state index >= 15 is 0 Å². The number of ether oxygens (including phenoxy) is 1. The minimum absolute atomic E-state index is 0.0374. The van der Waals surface area contributed by atoms with Crippen molar-refractivity contribution in [2.24, 2.45) is 0 Å². The quantitative estimate of drug-likeness (QED) is 0.537. The van der Waals surface area contributed by atoms with E-state index in [2.05, 4.69) is 4.98 Å². The fourth-order valence-corrected chi connectivity index (χ4v) is 4.04. The summed E-state index contributed by atoms with van der Waals surface area (Å²) in [5.74, 6) is -1.13. The number of benzene rings is 2. The van der Waals surface area contributed by atoms with Crippen LogP contribution in [0, 0.1) is 26.6 Å². The average Bonchev–Trinajstić information content (AvgIpc) is 3.11. The van der Waals surface area contributed by atoms with Gasteiger partial charge in [0.1, 0.15) is 12.4 Å². The van der Waals surface area contributed by atoms with Gasteiger partial charge in [0.05, 0.1) is 16.9 Å². The molecule has 0 atom stereocenters. The molecule has 0 saturated carbocycles. The number of carbonyl (C=O) groups is 2. The maximum absolute atomic E-state index is 13.0. The molecule has 0 saturated heterocycles. The Morgan fingerprint density at radius 2 is 1.72 bits per heavy atom. The number of halogens is 1. The molecule has 0 N–H and O–H groups in total. The maximum atomic E-state index is 13.0. The van der Waals surface area contributed by atoms with Crippen molar-refractivity contribution in [2.75, 3.05) is 4.90 Å². The Labute approximate surface area is 172 Å². The molecule has 5 nitrogen and oxygen atoms in total. The minimum atomic E-state index is -0.562. The van der Waals surface area contributed by atoms with E-state index < -0.39 is 11.8 Å². The lowest BCUT2D eigenvalue weighted by molar-refractivity contribution is -0.115. The largest absolute Gasteiger partial charge is 0.456 e. The summed E-state index contributed by atoms with van der Waals surface area (Å²) in [6.07, 6.45) is 0. The van der Waals surface area contributed by atoms with Gasteiger partial charge in [-0.25, -0.2) is 14.2 Å². The van der Waals surface area contributed by atoms with Gasteiger partial charge >= 0.3 is 5.97 Å². The number of rotatable bonds is 5. The van der Waals surface area contributed by atoms with E-state index in [0.717, 1.165) is 22.4 Å². The molecule has 0 unspecified atom stereocenters. The van der Waals surface area contributed by atoms with E-state index in [0.29, 0.717) is 10.8 Å². The molecule has 0 radical (unpaired) electrons. The topological polar surface area (TPSA) is 59.5 Å². The highest BCUT2D eigenvalue weighted by Gasteiger charge is 2.22. The van der Waals surface area contributed by atoms with Gasteiger partial charge in [-0.3, -0.25) is 9.69 Å². The van der Waals surface area contributed by atoms with Crippen molar-refractivity contribution < 1.29 is 18.7 Å². The zero-order valence-electron chi connectivity index (χ0n) is 16.7. The highest BCUT2D eigenvalue weighted by molar-refractivity contribution is 7.14. The second-order valence-electron chi connectivity index (χ2n) is 6.81. The highest BCUT2D eigenvalue weighted by atomic mass is 32.1. The van der Waals surface area contributed by atoms with Crippen molar-refractivity contribution in [3.8, 4) is 0 Å². The Morgan fingerprint density at radius 3 is 2.31 bits per heavy atom. The number of nitrogens with zero attached hydrogens (tertiary/aromatic N) is 2. The van der Waals surface area contributed by atoms with Crippen molar-refractivity contribution in [1.29, 1.82) is 0 Å². The SMILES string of the molecule is CC(=O)N(c1nc(COC(=O)c2ccc(F)cc2)cs1)c1c(C)cc(C)cc1C. The lowest BCUT2D eigenvalue weighted by Crippen LogP contribution is -2.24. The summed E-state index contributed by atoms with van der Waals surface area (Å²) in [5.41, 5.74) is 4.70. The van der Waals surface area contributed by atoms with Crippen LogP contribution < -0.4 is 4.90 Å². The van der Waals surface area contributed by atoms with Crippen LogP contribution in [-0.2, 0) is 16.1 Å². The number of aryl methyl sites for hydroxylation is 3. The molecule has 0 aliphatic carbocycles. The van der Waals surface area contributed by atoms with Crippen LogP contribution in [0.2, 0.25) is 0 Å². The van der Waals surface area contributed by atoms with Gasteiger partial charge in [-0.2, -0.15) is 0 Å². The molecule has 0 spiro atoms. The van der Waals surface area contributed by atoms with E-state index in [-0.39, 0.29) is 18.1 Å². The number of amides is 1. The second kappa shape index (κ2) is 8.53. The molecule has 1 amide bonds. The first-order chi connectivity index (χ1) is 13.8. The molecular formula is C22H21FN2O3S. The molecule has 3 aromatic rings. The van der Waals surface area contributed by atoms with Gasteiger partial charge in [0, 0.05) is 12.3 Å². The van der Waals surface area contributed by atoms with Crippen LogP contribution in [0.1, 0.15) is 39.7 Å². The minimum Gasteiger partial charge on any atom is -0.456 e. The Kier molecular flexibility index (Phi) is 6.08. The third-order valence-electron chi connectivity index (χ3n) is 4.34. The maximum Gasteiger partial charge on any atom is 0.338 e. The smallest absolute Gasteiger partial charge is 0.338 e. The number of esters is 1. The molecule has 1 aromatic heterocycles. The Morgan fingerprint density at radius 1 is 1.10 bits per heavy atom. The van der Waals surface area contributed by atoms with Gasteiger partial charge in [0.25, 0.3) is 0 Å². The number of aromatic nitrogens is 1. The monoisotopic (exact) mass is 412 g/mol. The predicted molar refractivity (Wildman–Crippen MR) is 111 cm³/mol. The van der Waals surface area contributed by atoms with Crippen LogP contribution >= 0.6 is 11.3 Å². The third kappa shape index (κ3) is 4.68. The van der Waals surface area contributed by atoms with Crippen molar-refractivity contribution in [3.63, 3.8) is 0 Å². The number of thiazole rings is 1. The van der Waals surface area contributed by atoms with Gasteiger partial charge in [0.2, 0.25) is 5.91 Å². The third-order valence-corrected chi connectivity index (χ3v) is 5.21. The molecule has 0 aliphatic heterocycles. The summed E-state index contributed by atoms with van der Waals surface area (Å²) in [4.78, 5) is 30.5. The summed E-state index contributed by atoms with van der Waals surface area (Å²) in [6, 6.07) is 9.19. The molecule has 2 aromatic carbocycles. The van der Waals surface area contributed by atoms with E-state index in [1.807, 2.05) is 32.9 Å². The lowest BCUT2D eigenvalue weighted by Gasteiger charge is -2.23. The van der Waals surface area contributed by atoms with E-state index in [1.165, 1.54) is 42.5 Å². The first-order valence-corrected chi connectivity index (χ1v) is 9.90. The normalized spacial score (nSPS) is 10.7. The average molecular weight is 412 g/mol. The summed E-state index contributed by atoms with van der Waals surface area (Å²) >= 11 is 1.30. The zero-order valence-corrected chi connectivity index (χ0v) is 17.5. The van der Waals surface area contributed by atoms with Gasteiger partial charge in [0.15, 0.2) is 5.13 Å². The van der Waals surface area contributed by atoms with Crippen LogP contribution in [0.3, 0.4) is 0 Å². The van der Waals surface area contributed by atoms with E-state index in [4.69, 9.17) is 4.74 Å². The first-order valence-electron chi connectivity index (χ1n) is 9.02. The van der Waals surface area contributed by atoms with Gasteiger partial charge in [-0.15, -0.1) is 11.3 Å². The van der Waals surface area contributed by atoms with Crippen LogP contribution in [0.4, 0.5) is 15.2 Å². The Balaban J connectivity index is 1.79. The van der Waals surface area contributed by atoms with Crippen molar-refractivity contribution in [3.05, 3.63) is 75.5 Å². The summed E-state index contributed by atoms with van der Waals surface area (Å²) in [5, 5.41) is 2.27. The molecule has 7 heteroatoms. The van der Waals surface area contributed by atoms with Gasteiger partial charge < -0.3 is 4.74 Å². The fraction of sp³-hybridized carbons (Fsp3) is 0.227. The zero-order chi connectivity index (χ0) is 21.1. The molecule has 0 aliphatic rings. The first kappa shape index (κ1) is 20.7. The van der Waals surface area contributed by atoms with E-state index in [9.17, 15) is 14.0 Å². The van der Waals surface area contributed by atoms with Crippen LogP contribution in [0.15, 0.2) is 41.8 Å². The van der Waals surface area contributed by atoms with E-state index in [1.54, 1.807) is 10.3 Å². The molecule has 29 heavy (non-hydrogen) atoms. The molecule has 0 fully saturated rings.